The lowest BCUT2D eigenvalue weighted by Crippen LogP contribution is -2.40. The Bertz CT molecular complexity index is 941. The van der Waals surface area contributed by atoms with Gasteiger partial charge in [0.15, 0.2) is 5.65 Å². The molecule has 1 fully saturated rings. The molecule has 1 saturated heterocycles. The van der Waals surface area contributed by atoms with E-state index in [0.717, 1.165) is 13.0 Å². The van der Waals surface area contributed by atoms with Crippen molar-refractivity contribution in [1.29, 1.82) is 0 Å². The van der Waals surface area contributed by atoms with Crippen molar-refractivity contribution < 1.29 is 9.59 Å². The summed E-state index contributed by atoms with van der Waals surface area (Å²) in [6, 6.07) is 5.33. The zero-order valence-electron chi connectivity index (χ0n) is 15.7. The number of rotatable bonds is 6. The van der Waals surface area contributed by atoms with Gasteiger partial charge < -0.3 is 10.2 Å². The van der Waals surface area contributed by atoms with Crippen molar-refractivity contribution in [3.8, 4) is 12.3 Å². The van der Waals surface area contributed by atoms with Crippen LogP contribution in [0.3, 0.4) is 0 Å². The smallest absolute Gasteiger partial charge is 0.344 e. The van der Waals surface area contributed by atoms with Crippen molar-refractivity contribution in [1.82, 2.24) is 29.3 Å². The Morgan fingerprint density at radius 3 is 2.86 bits per heavy atom. The van der Waals surface area contributed by atoms with Gasteiger partial charge in [0, 0.05) is 38.8 Å². The Morgan fingerprint density at radius 1 is 1.21 bits per heavy atom. The molecular formula is C19H24N6O3. The van der Waals surface area contributed by atoms with E-state index in [1.165, 1.54) is 9.08 Å². The molecule has 0 aromatic carbocycles. The Balaban J connectivity index is 1.51. The first-order valence-corrected chi connectivity index (χ1v) is 9.33. The summed E-state index contributed by atoms with van der Waals surface area (Å²) in [6.45, 7) is 3.32. The summed E-state index contributed by atoms with van der Waals surface area (Å²) in [6.07, 6.45) is 7.81. The number of carbonyl (C=O) groups excluding carboxylic acids is 2. The summed E-state index contributed by atoms with van der Waals surface area (Å²) in [5.74, 6) is 2.26. The molecule has 2 aromatic heterocycles. The Kier molecular flexibility index (Phi) is 6.45. The van der Waals surface area contributed by atoms with E-state index in [9.17, 15) is 14.4 Å². The lowest BCUT2D eigenvalue weighted by molar-refractivity contribution is -0.131. The van der Waals surface area contributed by atoms with E-state index in [2.05, 4.69) is 16.3 Å². The predicted octanol–water partition coefficient (Wildman–Crippen LogP) is -0.830. The van der Waals surface area contributed by atoms with Crippen LogP contribution >= 0.6 is 0 Å². The molecule has 1 N–H and O–H groups in total. The minimum atomic E-state index is -0.247. The largest absolute Gasteiger partial charge is 0.350 e. The van der Waals surface area contributed by atoms with Crippen molar-refractivity contribution in [3.63, 3.8) is 0 Å². The number of hydrogen-bond acceptors (Lipinski definition) is 5. The SMILES string of the molecule is C#CCNC(=O)CN1CCCN(C(=O)CCn2nc3ccccn3c2=O)CC1. The third kappa shape index (κ3) is 4.78. The lowest BCUT2D eigenvalue weighted by Gasteiger charge is -2.21. The van der Waals surface area contributed by atoms with Crippen LogP contribution in [0.25, 0.3) is 5.65 Å². The molecule has 0 bridgehead atoms. The van der Waals surface area contributed by atoms with E-state index < -0.39 is 0 Å². The molecule has 0 saturated carbocycles. The molecule has 0 aliphatic carbocycles. The van der Waals surface area contributed by atoms with Crippen LogP contribution in [-0.4, -0.2) is 75.1 Å². The Hall–Kier alpha value is -3.12. The summed E-state index contributed by atoms with van der Waals surface area (Å²) in [5.41, 5.74) is 0.317. The number of fused-ring (bicyclic) bond motifs is 1. The topological polar surface area (TPSA) is 91.9 Å². The summed E-state index contributed by atoms with van der Waals surface area (Å²) >= 11 is 0. The number of amides is 2. The number of aromatic nitrogens is 3. The van der Waals surface area contributed by atoms with Gasteiger partial charge in [0.05, 0.1) is 19.6 Å². The molecule has 0 radical (unpaired) electrons. The first kappa shape index (κ1) is 19.6. The maximum atomic E-state index is 12.6. The highest BCUT2D eigenvalue weighted by atomic mass is 16.2. The fourth-order valence-electron chi connectivity index (χ4n) is 3.26. The highest BCUT2D eigenvalue weighted by Crippen LogP contribution is 2.06. The van der Waals surface area contributed by atoms with Crippen molar-refractivity contribution in [2.45, 2.75) is 19.4 Å². The number of carbonyl (C=O) groups is 2. The van der Waals surface area contributed by atoms with Crippen LogP contribution < -0.4 is 11.0 Å². The van der Waals surface area contributed by atoms with E-state index in [1.807, 2.05) is 11.0 Å². The van der Waals surface area contributed by atoms with Gasteiger partial charge in [-0.2, -0.15) is 0 Å². The maximum absolute atomic E-state index is 12.6. The van der Waals surface area contributed by atoms with Crippen LogP contribution in [0.1, 0.15) is 12.8 Å². The van der Waals surface area contributed by atoms with Gasteiger partial charge in [-0.1, -0.05) is 12.0 Å². The first-order chi connectivity index (χ1) is 13.6. The van der Waals surface area contributed by atoms with E-state index in [1.54, 1.807) is 23.2 Å². The molecule has 0 unspecified atom stereocenters. The van der Waals surface area contributed by atoms with Crippen LogP contribution in [0, 0.1) is 12.3 Å². The maximum Gasteiger partial charge on any atom is 0.350 e. The fraction of sp³-hybridized carbons (Fsp3) is 0.474. The third-order valence-corrected chi connectivity index (χ3v) is 4.72. The second kappa shape index (κ2) is 9.19. The average molecular weight is 384 g/mol. The first-order valence-electron chi connectivity index (χ1n) is 9.33. The van der Waals surface area contributed by atoms with E-state index in [0.29, 0.717) is 25.3 Å². The van der Waals surface area contributed by atoms with Gasteiger partial charge >= 0.3 is 5.69 Å². The van der Waals surface area contributed by atoms with E-state index in [-0.39, 0.29) is 43.6 Å². The molecule has 0 atom stereocenters. The van der Waals surface area contributed by atoms with Crippen LogP contribution in [0.4, 0.5) is 0 Å². The van der Waals surface area contributed by atoms with Gasteiger partial charge in [-0.15, -0.1) is 11.5 Å². The highest BCUT2D eigenvalue weighted by molar-refractivity contribution is 5.78. The molecule has 1 aliphatic rings. The number of nitrogens with zero attached hydrogens (tertiary/aromatic N) is 5. The summed E-state index contributed by atoms with van der Waals surface area (Å²) < 4.78 is 2.78. The molecule has 2 amide bonds. The molecular weight excluding hydrogens is 360 g/mol. The molecule has 0 spiro atoms. The van der Waals surface area contributed by atoms with Gasteiger partial charge in [0.25, 0.3) is 0 Å². The third-order valence-electron chi connectivity index (χ3n) is 4.72. The lowest BCUT2D eigenvalue weighted by atomic mass is 10.3. The summed E-state index contributed by atoms with van der Waals surface area (Å²) in [7, 11) is 0. The molecule has 9 heteroatoms. The fourth-order valence-corrected chi connectivity index (χ4v) is 3.26. The van der Waals surface area contributed by atoms with E-state index in [4.69, 9.17) is 6.42 Å². The van der Waals surface area contributed by atoms with Crippen LogP contribution in [0.2, 0.25) is 0 Å². The monoisotopic (exact) mass is 384 g/mol. The summed E-state index contributed by atoms with van der Waals surface area (Å²) in [4.78, 5) is 40.5. The Labute approximate surface area is 162 Å². The van der Waals surface area contributed by atoms with Gasteiger partial charge in [0.1, 0.15) is 0 Å². The second-order valence-corrected chi connectivity index (χ2v) is 6.68. The standard InChI is InChI=1S/C19H24N6O3/c1-2-8-20-17(26)15-22-9-5-10-23(14-13-22)18(27)7-12-25-19(28)24-11-4-3-6-16(24)21-25/h1,3-4,6,11H,5,7-10,12-15H2,(H,20,26). The number of aryl methyl sites for hydroxylation is 1. The Morgan fingerprint density at radius 2 is 2.07 bits per heavy atom. The van der Waals surface area contributed by atoms with Gasteiger partial charge in [-0.25, -0.2) is 9.48 Å². The zero-order chi connectivity index (χ0) is 19.9. The minimum Gasteiger partial charge on any atom is -0.344 e. The molecule has 2 aromatic rings. The van der Waals surface area contributed by atoms with Crippen molar-refractivity contribution >= 4 is 17.5 Å². The van der Waals surface area contributed by atoms with Gasteiger partial charge in [0.2, 0.25) is 11.8 Å². The zero-order valence-corrected chi connectivity index (χ0v) is 15.7. The highest BCUT2D eigenvalue weighted by Gasteiger charge is 2.20. The predicted molar refractivity (Wildman–Crippen MR) is 104 cm³/mol. The van der Waals surface area contributed by atoms with Crippen LogP contribution in [-0.2, 0) is 16.1 Å². The van der Waals surface area contributed by atoms with E-state index >= 15 is 0 Å². The number of hydrogen-bond donors (Lipinski definition) is 1. The summed E-state index contributed by atoms with van der Waals surface area (Å²) in [5, 5.41) is 6.90. The average Bonchev–Trinajstić information content (AvgIpc) is 2.86. The minimum absolute atomic E-state index is 0.0115. The number of pyridine rings is 1. The van der Waals surface area contributed by atoms with Gasteiger partial charge in [-0.05, 0) is 18.6 Å². The number of nitrogens with one attached hydrogen (secondary N) is 1. The second-order valence-electron chi connectivity index (χ2n) is 6.68. The molecule has 1 aliphatic heterocycles. The van der Waals surface area contributed by atoms with Crippen LogP contribution in [0.5, 0.6) is 0 Å². The molecule has 28 heavy (non-hydrogen) atoms. The normalized spacial score (nSPS) is 15.2. The molecule has 9 nitrogen and oxygen atoms in total. The number of terminal acetylenes is 1. The molecule has 148 valence electrons. The van der Waals surface area contributed by atoms with Gasteiger partial charge in [-0.3, -0.25) is 18.9 Å². The quantitative estimate of drug-likeness (QED) is 0.657. The van der Waals surface area contributed by atoms with Crippen molar-refractivity contribution in [2.75, 3.05) is 39.3 Å². The van der Waals surface area contributed by atoms with Crippen molar-refractivity contribution in [2.24, 2.45) is 0 Å². The molecule has 3 rings (SSSR count). The molecule has 3 heterocycles. The van der Waals surface area contributed by atoms with Crippen molar-refractivity contribution in [3.05, 3.63) is 34.9 Å². The van der Waals surface area contributed by atoms with Crippen LogP contribution in [0.15, 0.2) is 29.2 Å².